The molecule has 3 N–H and O–H groups in total. The number of hydrogen-bond donors (Lipinski definition) is 1. The van der Waals surface area contributed by atoms with Crippen LogP contribution < -0.4 is 6.15 Å². The Bertz CT molecular complexity index is 13.5. The molecular weight excluding hydrogens is 54.0 g/mol. The van der Waals surface area contributed by atoms with Gasteiger partial charge in [0.25, 0.3) is 0 Å². The van der Waals surface area contributed by atoms with Crippen molar-refractivity contribution in [3.63, 3.8) is 0 Å². The molecule has 0 rings (SSSR count). The number of rotatable bonds is 0. The van der Waals surface area contributed by atoms with E-state index < -0.39 is 0 Å². The highest BCUT2D eigenvalue weighted by Crippen LogP contribution is 1.13. The molecule has 0 aliphatic carbocycles. The molecule has 0 aromatic heterocycles. The van der Waals surface area contributed by atoms with Crippen molar-refractivity contribution in [1.82, 2.24) is 6.15 Å². The molecule has 0 unspecified atom stereocenters. The summed E-state index contributed by atoms with van der Waals surface area (Å²) in [6, 6.07) is 0. The van der Waals surface area contributed by atoms with Crippen molar-refractivity contribution in [2.45, 2.75) is 6.92 Å². The molecule has 0 fully saturated rings. The van der Waals surface area contributed by atoms with Crippen LogP contribution >= 0.6 is 0 Å². The third-order valence-electron chi connectivity index (χ3n) is 0. The quantitative estimate of drug-likeness (QED) is 0.436. The van der Waals surface area contributed by atoms with E-state index >= 15 is 0 Å². The fourth-order valence-electron chi connectivity index (χ4n) is 0. The first-order valence-corrected chi connectivity index (χ1v) is 0.704. The molecule has 0 aliphatic rings. The highest BCUT2D eigenvalue weighted by Gasteiger charge is 1.29. The molecule has 0 aliphatic heterocycles. The molecule has 25 valence electrons. The SMILES string of the molecule is C[C]=O.N. The van der Waals surface area contributed by atoms with Crippen LogP contribution in [0.15, 0.2) is 0 Å². The summed E-state index contributed by atoms with van der Waals surface area (Å²) in [5.41, 5.74) is 0. The second-order valence-corrected chi connectivity index (χ2v) is 0.204. The van der Waals surface area contributed by atoms with Gasteiger partial charge in [-0.3, -0.25) is 4.79 Å². The zero-order valence-electron chi connectivity index (χ0n) is 2.62. The maximum absolute atomic E-state index is 8.68. The lowest BCUT2D eigenvalue weighted by Crippen LogP contribution is -1.35. The van der Waals surface area contributed by atoms with Crippen LogP contribution in [0.3, 0.4) is 0 Å². The summed E-state index contributed by atoms with van der Waals surface area (Å²) < 4.78 is 0. The Morgan fingerprint density at radius 2 is 1.75 bits per heavy atom. The van der Waals surface area contributed by atoms with Crippen LogP contribution in [0.2, 0.25) is 0 Å². The maximum atomic E-state index is 8.68. The van der Waals surface area contributed by atoms with E-state index in [2.05, 4.69) is 0 Å². The van der Waals surface area contributed by atoms with Gasteiger partial charge >= 0.3 is 0 Å². The standard InChI is InChI=1S/C2H3O.H3N/c1-2-3;/h1H3;1H3. The van der Waals surface area contributed by atoms with Crippen LogP contribution in [-0.2, 0) is 4.79 Å². The van der Waals surface area contributed by atoms with Crippen LogP contribution in [0.1, 0.15) is 6.92 Å². The fraction of sp³-hybridized carbons (Fsp3) is 0.500. The normalized spacial score (nSPS) is 3.25. The summed E-state index contributed by atoms with van der Waals surface area (Å²) in [5, 5.41) is 0. The lowest BCUT2D eigenvalue weighted by molar-refractivity contribution is 0.560. The summed E-state index contributed by atoms with van der Waals surface area (Å²) >= 11 is 0. The van der Waals surface area contributed by atoms with Crippen LogP contribution in [0.4, 0.5) is 0 Å². The number of carbonyl (C=O) groups excluding carboxylic acids is 1. The van der Waals surface area contributed by atoms with Crippen LogP contribution in [0.25, 0.3) is 0 Å². The molecule has 0 aromatic carbocycles. The number of hydrogen-bond acceptors (Lipinski definition) is 2. The highest BCUT2D eigenvalue weighted by atomic mass is 16.1. The third kappa shape index (κ3) is 4.73. The maximum Gasteiger partial charge on any atom is 0.195 e. The van der Waals surface area contributed by atoms with Gasteiger partial charge in [0.15, 0.2) is 6.29 Å². The molecule has 0 aromatic rings. The summed E-state index contributed by atoms with van der Waals surface area (Å²) in [6.45, 7) is 1.32. The monoisotopic (exact) mass is 60.0 g/mol. The van der Waals surface area contributed by atoms with Crippen molar-refractivity contribution < 1.29 is 4.79 Å². The van der Waals surface area contributed by atoms with Crippen LogP contribution in [-0.4, -0.2) is 6.29 Å². The third-order valence-corrected chi connectivity index (χ3v) is 0. The molecule has 1 radical (unpaired) electrons. The van der Waals surface area contributed by atoms with E-state index in [1.165, 1.54) is 13.2 Å². The Kier molecular flexibility index (Phi) is 41.6. The van der Waals surface area contributed by atoms with Gasteiger partial charge in [-0.05, 0) is 0 Å². The first-order valence-electron chi connectivity index (χ1n) is 0.704. The van der Waals surface area contributed by atoms with Crippen molar-refractivity contribution in [3.05, 3.63) is 0 Å². The zero-order chi connectivity index (χ0) is 2.71. The van der Waals surface area contributed by atoms with E-state index in [-0.39, 0.29) is 6.15 Å². The molecule has 0 saturated heterocycles. The summed E-state index contributed by atoms with van der Waals surface area (Å²) in [4.78, 5) is 8.68. The molecule has 0 atom stereocenters. The van der Waals surface area contributed by atoms with E-state index in [0.29, 0.717) is 0 Å². The first kappa shape index (κ1) is 9.45. The average Bonchev–Trinajstić information content (AvgIpc) is 0.918. The second kappa shape index (κ2) is 17.6. The molecule has 0 saturated carbocycles. The minimum atomic E-state index is 0. The van der Waals surface area contributed by atoms with Crippen molar-refractivity contribution in [3.8, 4) is 0 Å². The molecule has 4 heavy (non-hydrogen) atoms. The Balaban J connectivity index is 0. The molecule has 2 heteroatoms. The van der Waals surface area contributed by atoms with Gasteiger partial charge in [0.2, 0.25) is 0 Å². The second-order valence-electron chi connectivity index (χ2n) is 0.204. The minimum absolute atomic E-state index is 0. The van der Waals surface area contributed by atoms with Gasteiger partial charge in [0.1, 0.15) is 0 Å². The van der Waals surface area contributed by atoms with Gasteiger partial charge in [-0.1, -0.05) is 0 Å². The highest BCUT2D eigenvalue weighted by molar-refractivity contribution is 5.45. The Morgan fingerprint density at radius 1 is 1.75 bits per heavy atom. The lowest BCUT2D eigenvalue weighted by atomic mass is 11.0. The smallest absolute Gasteiger partial charge is 0.195 e. The van der Waals surface area contributed by atoms with Crippen molar-refractivity contribution in [1.29, 1.82) is 0 Å². The van der Waals surface area contributed by atoms with E-state index in [0.717, 1.165) is 0 Å². The fourth-order valence-corrected chi connectivity index (χ4v) is 0. The minimum Gasteiger partial charge on any atom is -0.344 e. The van der Waals surface area contributed by atoms with Gasteiger partial charge < -0.3 is 6.15 Å². The van der Waals surface area contributed by atoms with Gasteiger partial charge in [-0.2, -0.15) is 0 Å². The average molecular weight is 60.1 g/mol. The predicted octanol–water partition coefficient (Wildman–Crippen LogP) is 0.278. The molecule has 0 amide bonds. The molecule has 2 nitrogen and oxygen atoms in total. The van der Waals surface area contributed by atoms with Crippen LogP contribution in [0, 0.1) is 0 Å². The Morgan fingerprint density at radius 3 is 1.75 bits per heavy atom. The van der Waals surface area contributed by atoms with E-state index in [1.54, 1.807) is 0 Å². The van der Waals surface area contributed by atoms with Gasteiger partial charge in [-0.25, -0.2) is 0 Å². The summed E-state index contributed by atoms with van der Waals surface area (Å²) in [5.74, 6) is 0. The Labute approximate surface area is 25.4 Å². The van der Waals surface area contributed by atoms with Gasteiger partial charge in [0, 0.05) is 6.92 Å². The van der Waals surface area contributed by atoms with Crippen molar-refractivity contribution in [2.75, 3.05) is 0 Å². The summed E-state index contributed by atoms with van der Waals surface area (Å²) in [7, 11) is 0. The largest absolute Gasteiger partial charge is 0.344 e. The lowest BCUT2D eigenvalue weighted by Gasteiger charge is -1.19. The van der Waals surface area contributed by atoms with E-state index in [4.69, 9.17) is 4.79 Å². The molecule has 0 spiro atoms. The topological polar surface area (TPSA) is 52.1 Å². The Hall–Kier alpha value is -0.370. The van der Waals surface area contributed by atoms with E-state index in [1.807, 2.05) is 0 Å². The molecule has 0 heterocycles. The zero-order valence-corrected chi connectivity index (χ0v) is 2.62. The van der Waals surface area contributed by atoms with Crippen molar-refractivity contribution in [2.24, 2.45) is 0 Å². The summed E-state index contributed by atoms with van der Waals surface area (Å²) in [6.07, 6.45) is 1.50. The van der Waals surface area contributed by atoms with Crippen LogP contribution in [0.5, 0.6) is 0 Å². The first-order chi connectivity index (χ1) is 1.41. The van der Waals surface area contributed by atoms with Crippen molar-refractivity contribution >= 4 is 6.29 Å². The predicted molar refractivity (Wildman–Crippen MR) is 16.4 cm³/mol. The van der Waals surface area contributed by atoms with E-state index in [9.17, 15) is 0 Å². The molecular formula is C2H6NO. The van der Waals surface area contributed by atoms with Gasteiger partial charge in [0.05, 0.1) is 0 Å². The molecule has 0 bridgehead atoms. The van der Waals surface area contributed by atoms with Gasteiger partial charge in [-0.15, -0.1) is 0 Å².